The van der Waals surface area contributed by atoms with E-state index >= 15 is 0 Å². The van der Waals surface area contributed by atoms with Gasteiger partial charge in [-0.1, -0.05) is 87.0 Å². The molecule has 0 saturated carbocycles. The van der Waals surface area contributed by atoms with Crippen LogP contribution in [0.5, 0.6) is 0 Å². The van der Waals surface area contributed by atoms with Gasteiger partial charge in [0, 0.05) is 0 Å². The van der Waals surface area contributed by atoms with Crippen molar-refractivity contribution in [2.75, 3.05) is 0 Å². The quantitative estimate of drug-likeness (QED) is 0.177. The molecule has 0 aliphatic rings. The molecule has 0 N–H and O–H groups in total. The van der Waals surface area contributed by atoms with Crippen LogP contribution >= 0.6 is 0 Å². The Morgan fingerprint density at radius 3 is 1.33 bits per heavy atom. The van der Waals surface area contributed by atoms with Crippen LogP contribution in [0.1, 0.15) is 78.5 Å². The minimum atomic E-state index is 0. The van der Waals surface area contributed by atoms with Crippen molar-refractivity contribution in [1.82, 2.24) is 0 Å². The van der Waals surface area contributed by atoms with Gasteiger partial charge in [0.15, 0.2) is 0 Å². The summed E-state index contributed by atoms with van der Waals surface area (Å²) in [4.78, 5) is 0. The topological polar surface area (TPSA) is 0 Å². The molecule has 0 heterocycles. The average Bonchev–Trinajstić information content (AvgIpc) is 3.55. The molecule has 1 heteroatoms. The normalized spacial score (nSPS) is 9.42. The fourth-order valence-corrected chi connectivity index (χ4v) is 3.66. The Morgan fingerprint density at radius 2 is 1.11 bits per heavy atom. The number of hydrogen-bond acceptors (Lipinski definition) is 0. The van der Waals surface area contributed by atoms with Gasteiger partial charge >= 0.3 is 21.7 Å². The van der Waals surface area contributed by atoms with E-state index in [4.69, 9.17) is 0 Å². The summed E-state index contributed by atoms with van der Waals surface area (Å²) in [7, 11) is 0. The molecule has 0 atom stereocenters. The third kappa shape index (κ3) is 13.8. The van der Waals surface area contributed by atoms with Gasteiger partial charge in [-0.2, -0.15) is 118 Å². The summed E-state index contributed by atoms with van der Waals surface area (Å²) in [6, 6.07) is 32.6. The van der Waals surface area contributed by atoms with Gasteiger partial charge in [-0.05, 0) is 0 Å². The van der Waals surface area contributed by atoms with Crippen molar-refractivity contribution in [3.8, 4) is 0 Å². The molecule has 0 nitrogen and oxygen atoms in total. The van der Waals surface area contributed by atoms with E-state index < -0.39 is 0 Å². The summed E-state index contributed by atoms with van der Waals surface area (Å²) < 4.78 is 0. The van der Waals surface area contributed by atoms with Crippen molar-refractivity contribution in [2.45, 2.75) is 87.0 Å². The zero-order valence-corrected chi connectivity index (χ0v) is 25.3. The number of unbranched alkanes of at least 4 members (excludes halogenated alkanes) is 2. The summed E-state index contributed by atoms with van der Waals surface area (Å²) in [5.74, 6) is 0. The van der Waals surface area contributed by atoms with Crippen LogP contribution in [0.3, 0.4) is 0 Å². The first-order valence-electron chi connectivity index (χ1n) is 13.2. The van der Waals surface area contributed by atoms with E-state index in [-0.39, 0.29) is 21.7 Å². The summed E-state index contributed by atoms with van der Waals surface area (Å²) in [5.41, 5.74) is 10.2. The van der Waals surface area contributed by atoms with E-state index in [1.807, 2.05) is 54.6 Å². The van der Waals surface area contributed by atoms with Crippen LogP contribution in [0.15, 0.2) is 78.9 Å². The molecule has 0 radical (unpaired) electrons. The molecule has 0 aromatic heterocycles. The molecule has 190 valence electrons. The zero-order valence-electron chi connectivity index (χ0n) is 23.7. The van der Waals surface area contributed by atoms with Crippen molar-refractivity contribution in [3.63, 3.8) is 0 Å². The number of rotatable bonds is 6. The van der Waals surface area contributed by atoms with Gasteiger partial charge in [-0.15, -0.1) is 0 Å². The summed E-state index contributed by atoms with van der Waals surface area (Å²) in [5, 5.41) is 0. The Kier molecular flexibility index (Phi) is 19.7. The van der Waals surface area contributed by atoms with Crippen LogP contribution in [0.4, 0.5) is 0 Å². The van der Waals surface area contributed by atoms with Crippen LogP contribution in [-0.4, -0.2) is 0 Å². The minimum Gasteiger partial charge on any atom is -0.214 e. The van der Waals surface area contributed by atoms with Gasteiger partial charge in [0.05, 0.1) is 0 Å². The standard InChI is InChI=1S/C10H15.2C10H13.C5H5.Ti/c1-6-7(2)9(4)10(5)8(6)3;2*1-2-3-7-10-8-5-4-6-9-10;1-2-4-5-3-1;/h1-5H3;2*4-5,8-9H,2-3,7H2,1H3;1-5H;/q4*-1;+4. The van der Waals surface area contributed by atoms with Crippen molar-refractivity contribution in [3.05, 3.63) is 130 Å². The fourth-order valence-electron chi connectivity index (χ4n) is 3.66. The van der Waals surface area contributed by atoms with Gasteiger partial charge in [-0.3, -0.25) is 0 Å². The first-order chi connectivity index (χ1) is 16.9. The second-order valence-corrected chi connectivity index (χ2v) is 9.12. The monoisotopic (exact) mass is 514 g/mol. The molecule has 4 rings (SSSR count). The second-order valence-electron chi connectivity index (χ2n) is 9.12. The first kappa shape index (κ1) is 33.9. The van der Waals surface area contributed by atoms with Gasteiger partial charge in [0.1, 0.15) is 0 Å². The SMILES string of the molecule is CCCCc1c[c-]ccc1.CCCCc1c[c-]ccc1.Cc1c(C)c(C)[c-](C)c1C.[Ti+4].c1cc[cH-]c1. The van der Waals surface area contributed by atoms with Gasteiger partial charge in [-0.25, -0.2) is 12.1 Å². The molecule has 36 heavy (non-hydrogen) atoms. The molecule has 0 spiro atoms. The molecular formula is C35H46Ti. The van der Waals surface area contributed by atoms with Crippen molar-refractivity contribution in [1.29, 1.82) is 0 Å². The number of hydrogen-bond donors (Lipinski definition) is 0. The molecule has 0 unspecified atom stereocenters. The number of benzene rings is 2. The van der Waals surface area contributed by atoms with E-state index in [1.165, 1.54) is 77.5 Å². The van der Waals surface area contributed by atoms with E-state index in [0.717, 1.165) is 0 Å². The third-order valence-electron chi connectivity index (χ3n) is 6.55. The summed E-state index contributed by atoms with van der Waals surface area (Å²) in [6.07, 6.45) is 7.53. The predicted octanol–water partition coefficient (Wildman–Crippen LogP) is 10.0. The molecule has 0 fully saturated rings. The minimum absolute atomic E-state index is 0. The maximum absolute atomic E-state index is 3.07. The van der Waals surface area contributed by atoms with Crippen LogP contribution < -0.4 is 0 Å². The molecule has 0 saturated heterocycles. The van der Waals surface area contributed by atoms with E-state index in [0.29, 0.717) is 0 Å². The van der Waals surface area contributed by atoms with Gasteiger partial charge in [0.2, 0.25) is 0 Å². The van der Waals surface area contributed by atoms with E-state index in [1.54, 1.807) is 0 Å². The predicted molar refractivity (Wildman–Crippen MR) is 156 cm³/mol. The Morgan fingerprint density at radius 1 is 0.694 bits per heavy atom. The Labute approximate surface area is 237 Å². The fraction of sp³-hybridized carbons (Fsp3) is 0.371. The molecule has 0 amide bonds. The Bertz CT molecular complexity index is 851. The smallest absolute Gasteiger partial charge is 0.214 e. The van der Waals surface area contributed by atoms with Crippen LogP contribution in [-0.2, 0) is 34.6 Å². The largest absolute Gasteiger partial charge is 4.00 e. The first-order valence-corrected chi connectivity index (χ1v) is 13.2. The molecule has 0 aliphatic heterocycles. The zero-order chi connectivity index (χ0) is 25.9. The Balaban J connectivity index is 0.000000460. The summed E-state index contributed by atoms with van der Waals surface area (Å²) >= 11 is 0. The van der Waals surface area contributed by atoms with Crippen LogP contribution in [0.2, 0.25) is 0 Å². The van der Waals surface area contributed by atoms with Crippen molar-refractivity contribution in [2.24, 2.45) is 0 Å². The molecule has 0 bridgehead atoms. The molecular weight excluding hydrogens is 468 g/mol. The van der Waals surface area contributed by atoms with E-state index in [9.17, 15) is 0 Å². The number of aryl methyl sites for hydroxylation is 2. The summed E-state index contributed by atoms with van der Waals surface area (Å²) in [6.45, 7) is 15.4. The Hall–Kier alpha value is -2.15. The maximum atomic E-state index is 3.07. The second kappa shape index (κ2) is 21.0. The molecule has 4 aromatic carbocycles. The average molecular weight is 515 g/mol. The van der Waals surface area contributed by atoms with E-state index in [2.05, 4.69) is 84.9 Å². The maximum Gasteiger partial charge on any atom is 4.00 e. The third-order valence-corrected chi connectivity index (χ3v) is 6.55. The van der Waals surface area contributed by atoms with Crippen molar-refractivity contribution < 1.29 is 21.7 Å². The van der Waals surface area contributed by atoms with Crippen LogP contribution in [0, 0.1) is 46.8 Å². The van der Waals surface area contributed by atoms with Gasteiger partial charge < -0.3 is 0 Å². The molecule has 0 aliphatic carbocycles. The van der Waals surface area contributed by atoms with Crippen molar-refractivity contribution >= 4 is 0 Å². The van der Waals surface area contributed by atoms with Crippen LogP contribution in [0.25, 0.3) is 0 Å². The molecule has 4 aromatic rings. The van der Waals surface area contributed by atoms with Gasteiger partial charge in [0.25, 0.3) is 0 Å².